The summed E-state index contributed by atoms with van der Waals surface area (Å²) in [6.45, 7) is 1.45. The second kappa shape index (κ2) is 5.68. The number of aromatic nitrogens is 2. The Morgan fingerprint density at radius 3 is 2.78 bits per heavy atom. The smallest absolute Gasteiger partial charge is 0.416 e. The molecule has 122 valence electrons. The quantitative estimate of drug-likeness (QED) is 0.807. The van der Waals surface area contributed by atoms with E-state index in [0.29, 0.717) is 12.2 Å². The molecule has 1 fully saturated rings. The van der Waals surface area contributed by atoms with Gasteiger partial charge in [-0.15, -0.1) is 0 Å². The van der Waals surface area contributed by atoms with Gasteiger partial charge < -0.3 is 9.26 Å². The van der Waals surface area contributed by atoms with Crippen molar-refractivity contribution in [2.24, 2.45) is 5.92 Å². The van der Waals surface area contributed by atoms with Crippen molar-refractivity contribution in [3.05, 3.63) is 47.1 Å². The highest BCUT2D eigenvalue weighted by Gasteiger charge is 2.48. The Labute approximate surface area is 129 Å². The first-order chi connectivity index (χ1) is 10.9. The average molecular weight is 326 g/mol. The molecule has 0 unspecified atom stereocenters. The van der Waals surface area contributed by atoms with Gasteiger partial charge in [0.05, 0.1) is 11.5 Å². The van der Waals surface area contributed by atoms with Crippen molar-refractivity contribution in [3.63, 3.8) is 0 Å². The molecule has 1 heterocycles. The molecule has 1 aliphatic rings. The van der Waals surface area contributed by atoms with E-state index >= 15 is 0 Å². The molecule has 0 spiro atoms. The van der Waals surface area contributed by atoms with Crippen LogP contribution >= 0.6 is 0 Å². The summed E-state index contributed by atoms with van der Waals surface area (Å²) in [7, 11) is 0. The molecule has 1 saturated carbocycles. The first-order valence-electron chi connectivity index (χ1n) is 6.98. The Morgan fingerprint density at radius 1 is 1.39 bits per heavy atom. The van der Waals surface area contributed by atoms with Crippen LogP contribution in [-0.4, -0.2) is 16.1 Å². The molecule has 1 aliphatic carbocycles. The largest absolute Gasteiger partial charge is 0.455 e. The maximum Gasteiger partial charge on any atom is 0.416 e. The van der Waals surface area contributed by atoms with Crippen LogP contribution in [0.5, 0.6) is 0 Å². The summed E-state index contributed by atoms with van der Waals surface area (Å²) in [4.78, 5) is 15.8. The fourth-order valence-electron chi connectivity index (χ4n) is 2.52. The topological polar surface area (TPSA) is 65.2 Å². The number of rotatable bonds is 4. The van der Waals surface area contributed by atoms with Gasteiger partial charge in [-0.1, -0.05) is 23.4 Å². The maximum absolute atomic E-state index is 13.0. The summed E-state index contributed by atoms with van der Waals surface area (Å²) < 4.78 is 48.8. The van der Waals surface area contributed by atoms with E-state index in [1.54, 1.807) is 6.92 Å². The number of ether oxygens (including phenoxy) is 1. The number of halogens is 3. The lowest BCUT2D eigenvalue weighted by Gasteiger charge is -2.12. The number of esters is 1. The van der Waals surface area contributed by atoms with E-state index in [4.69, 9.17) is 9.26 Å². The van der Waals surface area contributed by atoms with E-state index in [1.807, 2.05) is 0 Å². The van der Waals surface area contributed by atoms with Gasteiger partial charge in [-0.05, 0) is 30.9 Å². The third-order valence-corrected chi connectivity index (χ3v) is 3.67. The van der Waals surface area contributed by atoms with Crippen LogP contribution in [0.25, 0.3) is 0 Å². The molecule has 8 heteroatoms. The number of benzene rings is 1. The Kier molecular flexibility index (Phi) is 3.83. The van der Waals surface area contributed by atoms with Crippen LogP contribution in [0.2, 0.25) is 0 Å². The normalized spacial score (nSPS) is 20.3. The van der Waals surface area contributed by atoms with Crippen LogP contribution < -0.4 is 0 Å². The molecule has 2 aromatic rings. The van der Waals surface area contributed by atoms with E-state index < -0.39 is 29.5 Å². The van der Waals surface area contributed by atoms with Gasteiger partial charge in [0, 0.05) is 0 Å². The van der Waals surface area contributed by atoms with E-state index in [9.17, 15) is 18.0 Å². The zero-order valence-electron chi connectivity index (χ0n) is 12.1. The summed E-state index contributed by atoms with van der Waals surface area (Å²) in [6.07, 6.45) is -4.09. The molecule has 1 aromatic heterocycles. The number of alkyl halides is 3. The van der Waals surface area contributed by atoms with Gasteiger partial charge in [0.15, 0.2) is 12.4 Å². The van der Waals surface area contributed by atoms with Crippen LogP contribution in [0.3, 0.4) is 0 Å². The fraction of sp³-hybridized carbons (Fsp3) is 0.400. The highest BCUT2D eigenvalue weighted by atomic mass is 19.4. The van der Waals surface area contributed by atoms with Crippen molar-refractivity contribution in [2.45, 2.75) is 32.0 Å². The SMILES string of the molecule is Cc1noc(COC(=O)[C@@H]2C[C@H]2c2ccccc2C(F)(F)F)n1. The van der Waals surface area contributed by atoms with Crippen LogP contribution in [0.15, 0.2) is 28.8 Å². The molecule has 0 saturated heterocycles. The lowest BCUT2D eigenvalue weighted by atomic mass is 10.0. The van der Waals surface area contributed by atoms with Crippen molar-refractivity contribution in [3.8, 4) is 0 Å². The second-order valence-electron chi connectivity index (χ2n) is 5.38. The van der Waals surface area contributed by atoms with Crippen LogP contribution in [-0.2, 0) is 22.3 Å². The van der Waals surface area contributed by atoms with Crippen LogP contribution in [0, 0.1) is 12.8 Å². The number of nitrogens with zero attached hydrogens (tertiary/aromatic N) is 2. The van der Waals surface area contributed by atoms with Gasteiger partial charge in [0.2, 0.25) is 0 Å². The highest BCUT2D eigenvalue weighted by molar-refractivity contribution is 5.77. The molecule has 0 bridgehead atoms. The number of carbonyl (C=O) groups is 1. The van der Waals surface area contributed by atoms with Gasteiger partial charge in [-0.2, -0.15) is 18.2 Å². The molecule has 5 nitrogen and oxygen atoms in total. The van der Waals surface area contributed by atoms with Crippen molar-refractivity contribution < 1.29 is 27.2 Å². The van der Waals surface area contributed by atoms with Gasteiger partial charge >= 0.3 is 12.1 Å². The predicted octanol–water partition coefficient (Wildman–Crippen LogP) is 3.24. The van der Waals surface area contributed by atoms with Gasteiger partial charge in [0.1, 0.15) is 0 Å². The molecule has 23 heavy (non-hydrogen) atoms. The van der Waals surface area contributed by atoms with Crippen molar-refractivity contribution in [1.29, 1.82) is 0 Å². The van der Waals surface area contributed by atoms with Crippen molar-refractivity contribution in [2.75, 3.05) is 0 Å². The fourth-order valence-corrected chi connectivity index (χ4v) is 2.52. The highest BCUT2D eigenvalue weighted by Crippen LogP contribution is 2.51. The molecule has 0 amide bonds. The van der Waals surface area contributed by atoms with Gasteiger partial charge in [0.25, 0.3) is 5.89 Å². The number of hydrogen-bond acceptors (Lipinski definition) is 5. The predicted molar refractivity (Wildman–Crippen MR) is 71.1 cm³/mol. The molecule has 2 atom stereocenters. The molecule has 0 radical (unpaired) electrons. The Balaban J connectivity index is 1.64. The van der Waals surface area contributed by atoms with E-state index in [1.165, 1.54) is 18.2 Å². The lowest BCUT2D eigenvalue weighted by molar-refractivity contribution is -0.147. The lowest BCUT2D eigenvalue weighted by Crippen LogP contribution is -2.11. The molecule has 0 N–H and O–H groups in total. The average Bonchev–Trinajstić information content (AvgIpc) is 3.20. The number of aryl methyl sites for hydroxylation is 1. The van der Waals surface area contributed by atoms with Crippen molar-refractivity contribution >= 4 is 5.97 Å². The summed E-state index contributed by atoms with van der Waals surface area (Å²) in [6, 6.07) is 5.30. The molecular weight excluding hydrogens is 313 g/mol. The second-order valence-corrected chi connectivity index (χ2v) is 5.38. The monoisotopic (exact) mass is 326 g/mol. The van der Waals surface area contributed by atoms with Gasteiger partial charge in [-0.25, -0.2) is 0 Å². The minimum Gasteiger partial charge on any atom is -0.455 e. The molecular formula is C15H13F3N2O3. The summed E-state index contributed by atoms with van der Waals surface area (Å²) in [5.41, 5.74) is -0.566. The first-order valence-corrected chi connectivity index (χ1v) is 6.98. The van der Waals surface area contributed by atoms with E-state index in [2.05, 4.69) is 10.1 Å². The zero-order valence-corrected chi connectivity index (χ0v) is 12.1. The third-order valence-electron chi connectivity index (χ3n) is 3.67. The zero-order chi connectivity index (χ0) is 16.6. The molecule has 1 aromatic carbocycles. The Morgan fingerprint density at radius 2 is 2.13 bits per heavy atom. The molecule has 0 aliphatic heterocycles. The maximum atomic E-state index is 13.0. The van der Waals surface area contributed by atoms with Gasteiger partial charge in [-0.3, -0.25) is 4.79 Å². The summed E-state index contributed by atoms with van der Waals surface area (Å²) in [5, 5.41) is 3.55. The van der Waals surface area contributed by atoms with Crippen LogP contribution in [0.1, 0.15) is 35.2 Å². The van der Waals surface area contributed by atoms with E-state index in [0.717, 1.165) is 6.07 Å². The Hall–Kier alpha value is -2.38. The summed E-state index contributed by atoms with van der Waals surface area (Å²) >= 11 is 0. The summed E-state index contributed by atoms with van der Waals surface area (Å²) in [5.74, 6) is -1.02. The molecule has 3 rings (SSSR count). The van der Waals surface area contributed by atoms with Crippen molar-refractivity contribution in [1.82, 2.24) is 10.1 Å². The standard InChI is InChI=1S/C15H13F3N2O3/c1-8-19-13(23-20-8)7-22-14(21)11-6-10(11)9-4-2-3-5-12(9)15(16,17)18/h2-5,10-11H,6-7H2,1H3/t10-,11+/m0/s1. The third kappa shape index (κ3) is 3.35. The Bertz CT molecular complexity index is 727. The number of hydrogen-bond donors (Lipinski definition) is 0. The number of carbonyl (C=O) groups excluding carboxylic acids is 1. The first kappa shape index (κ1) is 15.5. The van der Waals surface area contributed by atoms with E-state index in [-0.39, 0.29) is 18.1 Å². The minimum atomic E-state index is -4.44. The minimum absolute atomic E-state index is 0.135. The van der Waals surface area contributed by atoms with Crippen LogP contribution in [0.4, 0.5) is 13.2 Å².